The number of halogens is 1. The lowest BCUT2D eigenvalue weighted by Gasteiger charge is -2.33. The molecule has 0 N–H and O–H groups in total. The van der Waals surface area contributed by atoms with Crippen LogP contribution in [0.5, 0.6) is 0 Å². The second-order valence-corrected chi connectivity index (χ2v) is 9.15. The Balaban J connectivity index is 1.31. The first kappa shape index (κ1) is 20.7. The summed E-state index contributed by atoms with van der Waals surface area (Å²) in [6, 6.07) is 6.02. The highest BCUT2D eigenvalue weighted by Gasteiger charge is 2.32. The topological polar surface area (TPSA) is 72.7 Å². The van der Waals surface area contributed by atoms with Crippen molar-refractivity contribution in [3.63, 3.8) is 0 Å². The summed E-state index contributed by atoms with van der Waals surface area (Å²) in [7, 11) is 2.08. The SMILES string of the molecule is CN1Cc2cc(Cl)ccc2-n2c(nnc2C2CCN(C(=O)OC3CCOCC3)CC2)C1. The van der Waals surface area contributed by atoms with Gasteiger partial charge in [-0.3, -0.25) is 9.47 Å². The quantitative estimate of drug-likeness (QED) is 0.705. The lowest BCUT2D eigenvalue weighted by Crippen LogP contribution is -2.41. The lowest BCUT2D eigenvalue weighted by atomic mass is 9.96. The average molecular weight is 446 g/mol. The van der Waals surface area contributed by atoms with Crippen LogP contribution in [0.15, 0.2) is 18.2 Å². The van der Waals surface area contributed by atoms with Crippen molar-refractivity contribution < 1.29 is 14.3 Å². The summed E-state index contributed by atoms with van der Waals surface area (Å²) in [6.45, 7) is 4.22. The highest BCUT2D eigenvalue weighted by atomic mass is 35.5. The smallest absolute Gasteiger partial charge is 0.410 e. The minimum absolute atomic E-state index is 0.0217. The first-order chi connectivity index (χ1) is 15.1. The molecule has 4 heterocycles. The molecule has 5 rings (SSSR count). The second kappa shape index (κ2) is 8.76. The highest BCUT2D eigenvalue weighted by molar-refractivity contribution is 6.30. The Bertz CT molecular complexity index is 951. The Kier molecular flexibility index (Phi) is 5.86. The van der Waals surface area contributed by atoms with Crippen LogP contribution in [-0.4, -0.2) is 70.1 Å². The van der Waals surface area contributed by atoms with Gasteiger partial charge < -0.3 is 14.4 Å². The summed E-state index contributed by atoms with van der Waals surface area (Å²) in [5.41, 5.74) is 2.28. The van der Waals surface area contributed by atoms with Crippen molar-refractivity contribution in [3.8, 4) is 5.69 Å². The molecule has 166 valence electrons. The monoisotopic (exact) mass is 445 g/mol. The third-order valence-electron chi connectivity index (χ3n) is 6.44. The van der Waals surface area contributed by atoms with Crippen LogP contribution >= 0.6 is 11.6 Å². The number of benzene rings is 1. The number of hydrogen-bond acceptors (Lipinski definition) is 6. The summed E-state index contributed by atoms with van der Waals surface area (Å²) < 4.78 is 13.2. The molecule has 2 saturated heterocycles. The molecule has 2 fully saturated rings. The lowest BCUT2D eigenvalue weighted by molar-refractivity contribution is -0.0122. The van der Waals surface area contributed by atoms with Crippen molar-refractivity contribution in [2.45, 2.75) is 50.8 Å². The van der Waals surface area contributed by atoms with E-state index in [9.17, 15) is 4.79 Å². The van der Waals surface area contributed by atoms with Crippen LogP contribution in [0.3, 0.4) is 0 Å². The molecule has 0 radical (unpaired) electrons. The standard InChI is InChI=1S/C22H28ClN5O3/c1-26-13-16-12-17(23)2-3-19(16)28-20(14-26)24-25-21(28)15-4-8-27(9-5-15)22(29)31-18-6-10-30-11-7-18/h2-3,12,15,18H,4-11,13-14H2,1H3. The predicted molar refractivity (Wildman–Crippen MR) is 115 cm³/mol. The summed E-state index contributed by atoms with van der Waals surface area (Å²) in [6.07, 6.45) is 3.04. The molecule has 9 heteroatoms. The number of hydrogen-bond donors (Lipinski definition) is 0. The predicted octanol–water partition coefficient (Wildman–Crippen LogP) is 3.36. The Morgan fingerprint density at radius 2 is 1.90 bits per heavy atom. The molecular weight excluding hydrogens is 418 g/mol. The van der Waals surface area contributed by atoms with Gasteiger partial charge in [0, 0.05) is 43.4 Å². The number of fused-ring (bicyclic) bond motifs is 3. The van der Waals surface area contributed by atoms with Crippen molar-refractivity contribution >= 4 is 17.7 Å². The average Bonchev–Trinajstić information content (AvgIpc) is 3.11. The number of piperidine rings is 1. The molecule has 1 amide bonds. The number of aromatic nitrogens is 3. The van der Waals surface area contributed by atoms with E-state index in [4.69, 9.17) is 21.1 Å². The van der Waals surface area contributed by atoms with Crippen molar-refractivity contribution in [1.82, 2.24) is 24.6 Å². The third kappa shape index (κ3) is 4.29. The zero-order valence-electron chi connectivity index (χ0n) is 17.8. The van der Waals surface area contributed by atoms with Crippen LogP contribution in [0.2, 0.25) is 5.02 Å². The molecule has 8 nitrogen and oxygen atoms in total. The van der Waals surface area contributed by atoms with Crippen molar-refractivity contribution in [2.75, 3.05) is 33.4 Å². The molecule has 0 saturated carbocycles. The first-order valence-corrected chi connectivity index (χ1v) is 11.4. The molecular formula is C22H28ClN5O3. The van der Waals surface area contributed by atoms with Gasteiger partial charge in [-0.15, -0.1) is 10.2 Å². The maximum Gasteiger partial charge on any atom is 0.410 e. The Hall–Kier alpha value is -2.16. The summed E-state index contributed by atoms with van der Waals surface area (Å²) in [5.74, 6) is 2.17. The van der Waals surface area contributed by atoms with Gasteiger partial charge in [-0.2, -0.15) is 0 Å². The van der Waals surface area contributed by atoms with E-state index in [0.717, 1.165) is 61.1 Å². The minimum Gasteiger partial charge on any atom is -0.446 e. The summed E-state index contributed by atoms with van der Waals surface area (Å²) in [4.78, 5) is 16.6. The van der Waals surface area contributed by atoms with Crippen molar-refractivity contribution in [3.05, 3.63) is 40.4 Å². The van der Waals surface area contributed by atoms with Crippen molar-refractivity contribution in [2.24, 2.45) is 0 Å². The number of amides is 1. The van der Waals surface area contributed by atoms with Crippen LogP contribution in [0.25, 0.3) is 5.69 Å². The van der Waals surface area contributed by atoms with Crippen LogP contribution < -0.4 is 0 Å². The van der Waals surface area contributed by atoms with E-state index in [-0.39, 0.29) is 18.1 Å². The fraction of sp³-hybridized carbons (Fsp3) is 0.591. The van der Waals surface area contributed by atoms with E-state index in [2.05, 4.69) is 32.8 Å². The molecule has 1 aromatic carbocycles. The molecule has 1 aromatic heterocycles. The van der Waals surface area contributed by atoms with E-state index in [0.29, 0.717) is 26.3 Å². The number of rotatable bonds is 2. The molecule has 3 aliphatic rings. The van der Waals surface area contributed by atoms with Gasteiger partial charge >= 0.3 is 6.09 Å². The second-order valence-electron chi connectivity index (χ2n) is 8.71. The van der Waals surface area contributed by atoms with Gasteiger partial charge in [0.1, 0.15) is 11.9 Å². The zero-order chi connectivity index (χ0) is 21.4. The number of ether oxygens (including phenoxy) is 2. The molecule has 31 heavy (non-hydrogen) atoms. The molecule has 0 bridgehead atoms. The Morgan fingerprint density at radius 1 is 1.13 bits per heavy atom. The summed E-state index contributed by atoms with van der Waals surface area (Å²) in [5, 5.41) is 9.84. The van der Waals surface area contributed by atoms with Gasteiger partial charge in [0.15, 0.2) is 5.82 Å². The fourth-order valence-electron chi connectivity index (χ4n) is 4.78. The van der Waals surface area contributed by atoms with Crippen LogP contribution in [0.4, 0.5) is 4.79 Å². The molecule has 2 aromatic rings. The number of nitrogens with zero attached hydrogens (tertiary/aromatic N) is 5. The molecule has 0 atom stereocenters. The Morgan fingerprint density at radius 3 is 2.68 bits per heavy atom. The van der Waals surface area contributed by atoms with Gasteiger partial charge in [0.25, 0.3) is 0 Å². The van der Waals surface area contributed by atoms with E-state index in [1.54, 1.807) is 0 Å². The largest absolute Gasteiger partial charge is 0.446 e. The minimum atomic E-state index is -0.202. The molecule has 0 unspecified atom stereocenters. The van der Waals surface area contributed by atoms with Crippen molar-refractivity contribution in [1.29, 1.82) is 0 Å². The van der Waals surface area contributed by atoms with Gasteiger partial charge in [-0.25, -0.2) is 4.79 Å². The normalized spacial score (nSPS) is 20.8. The maximum absolute atomic E-state index is 12.6. The number of carbonyl (C=O) groups is 1. The van der Waals surface area contributed by atoms with Crippen LogP contribution in [-0.2, 0) is 22.6 Å². The number of likely N-dealkylation sites (tertiary alicyclic amines) is 1. The van der Waals surface area contributed by atoms with Crippen LogP contribution in [0.1, 0.15) is 48.8 Å². The molecule has 3 aliphatic heterocycles. The van der Waals surface area contributed by atoms with E-state index in [1.165, 1.54) is 5.56 Å². The van der Waals surface area contributed by atoms with Gasteiger partial charge in [-0.1, -0.05) is 11.6 Å². The van der Waals surface area contributed by atoms with Gasteiger partial charge in [0.05, 0.1) is 25.4 Å². The van der Waals surface area contributed by atoms with E-state index < -0.39 is 0 Å². The molecule has 0 aliphatic carbocycles. The maximum atomic E-state index is 12.6. The molecule has 0 spiro atoms. The third-order valence-corrected chi connectivity index (χ3v) is 6.68. The van der Waals surface area contributed by atoms with Crippen LogP contribution in [0, 0.1) is 0 Å². The van der Waals surface area contributed by atoms with E-state index >= 15 is 0 Å². The van der Waals surface area contributed by atoms with E-state index in [1.807, 2.05) is 17.0 Å². The highest BCUT2D eigenvalue weighted by Crippen LogP contribution is 2.33. The fourth-order valence-corrected chi connectivity index (χ4v) is 4.97. The van der Waals surface area contributed by atoms with Gasteiger partial charge in [0.2, 0.25) is 0 Å². The number of carbonyl (C=O) groups excluding carboxylic acids is 1. The summed E-state index contributed by atoms with van der Waals surface area (Å²) >= 11 is 6.27. The first-order valence-electron chi connectivity index (χ1n) is 11.0. The zero-order valence-corrected chi connectivity index (χ0v) is 18.6. The van der Waals surface area contributed by atoms with Gasteiger partial charge in [-0.05, 0) is 43.7 Å². The Labute approximate surface area is 187 Å².